The topological polar surface area (TPSA) is 42.0 Å². The lowest BCUT2D eigenvalue weighted by Gasteiger charge is -2.41. The molecular weight excluding hydrogens is 232 g/mol. The number of piperazine rings is 1. The lowest BCUT2D eigenvalue weighted by molar-refractivity contribution is -0.143. The lowest BCUT2D eigenvalue weighted by Crippen LogP contribution is -2.56. The molecule has 0 radical (unpaired) electrons. The first kappa shape index (κ1) is 13.8. The summed E-state index contributed by atoms with van der Waals surface area (Å²) in [7, 11) is 0. The molecule has 2 heterocycles. The molecule has 2 aliphatic heterocycles. The van der Waals surface area contributed by atoms with E-state index in [-0.39, 0.29) is 12.0 Å². The molecule has 0 bridgehead atoms. The van der Waals surface area contributed by atoms with Crippen molar-refractivity contribution in [3.63, 3.8) is 0 Å². The minimum absolute atomic E-state index is 0.00138. The Labute approximate surface area is 109 Å². The molecule has 0 N–H and O–H groups in total. The van der Waals surface area contributed by atoms with E-state index in [0.717, 1.165) is 45.8 Å². The van der Waals surface area contributed by atoms with Crippen LogP contribution in [0, 0.1) is 0 Å². The van der Waals surface area contributed by atoms with Gasteiger partial charge in [0.15, 0.2) is 0 Å². The molecule has 0 aromatic heterocycles. The quantitative estimate of drug-likeness (QED) is 0.524. The van der Waals surface area contributed by atoms with Crippen LogP contribution in [0.2, 0.25) is 0 Å². The number of ether oxygens (including phenoxy) is 2. The summed E-state index contributed by atoms with van der Waals surface area (Å²) in [5, 5.41) is 0. The van der Waals surface area contributed by atoms with E-state index in [4.69, 9.17) is 9.47 Å². The highest BCUT2D eigenvalue weighted by Crippen LogP contribution is 2.18. The maximum atomic E-state index is 11.6. The zero-order valence-electron chi connectivity index (χ0n) is 11.4. The Bertz CT molecular complexity index is 285. The number of hydrogen-bond donors (Lipinski definition) is 0. The van der Waals surface area contributed by atoms with Crippen LogP contribution in [0.3, 0.4) is 0 Å². The Balaban J connectivity index is 1.78. The van der Waals surface area contributed by atoms with Crippen LogP contribution >= 0.6 is 0 Å². The van der Waals surface area contributed by atoms with Crippen LogP contribution < -0.4 is 0 Å². The molecule has 5 nitrogen and oxygen atoms in total. The molecule has 2 atom stereocenters. The normalized spacial score (nSPS) is 30.7. The van der Waals surface area contributed by atoms with Crippen LogP contribution in [-0.4, -0.2) is 73.9 Å². The minimum atomic E-state index is -0.0371. The van der Waals surface area contributed by atoms with Crippen LogP contribution in [0.25, 0.3) is 0 Å². The summed E-state index contributed by atoms with van der Waals surface area (Å²) < 4.78 is 10.4. The third-order valence-corrected chi connectivity index (χ3v) is 3.87. The highest BCUT2D eigenvalue weighted by Gasteiger charge is 2.35. The van der Waals surface area contributed by atoms with Gasteiger partial charge in [-0.05, 0) is 13.8 Å². The molecular formula is C13H24N2O3. The van der Waals surface area contributed by atoms with Gasteiger partial charge in [0, 0.05) is 45.2 Å². The number of esters is 1. The van der Waals surface area contributed by atoms with Gasteiger partial charge in [0.25, 0.3) is 0 Å². The molecule has 0 spiro atoms. The molecule has 104 valence electrons. The largest absolute Gasteiger partial charge is 0.464 e. The van der Waals surface area contributed by atoms with E-state index in [0.29, 0.717) is 12.6 Å². The monoisotopic (exact) mass is 256 g/mol. The number of hydrogen-bond acceptors (Lipinski definition) is 5. The van der Waals surface area contributed by atoms with E-state index in [1.807, 2.05) is 6.92 Å². The van der Waals surface area contributed by atoms with Crippen LogP contribution in [-0.2, 0) is 14.3 Å². The van der Waals surface area contributed by atoms with E-state index in [1.165, 1.54) is 0 Å². The predicted octanol–water partition coefficient (Wildman–Crippen LogP) is 0.345. The molecule has 0 amide bonds. The standard InChI is InChI=1S/C13H24N2O3/c1-3-17-9-7-14-5-6-15(10-11(14)2)12-4-8-18-13(12)16/h11-12H,3-10H2,1-2H3/t11-,12+/m1/s1. The summed E-state index contributed by atoms with van der Waals surface area (Å²) in [6.07, 6.45) is 0.852. The van der Waals surface area contributed by atoms with Crippen molar-refractivity contribution in [1.82, 2.24) is 9.80 Å². The van der Waals surface area contributed by atoms with Gasteiger partial charge in [-0.2, -0.15) is 0 Å². The van der Waals surface area contributed by atoms with Gasteiger partial charge in [-0.15, -0.1) is 0 Å². The third kappa shape index (κ3) is 3.22. The fourth-order valence-electron chi connectivity index (χ4n) is 2.78. The number of rotatable bonds is 5. The van der Waals surface area contributed by atoms with Crippen LogP contribution in [0.5, 0.6) is 0 Å². The molecule has 0 aliphatic carbocycles. The molecule has 0 aromatic rings. The Morgan fingerprint density at radius 2 is 2.28 bits per heavy atom. The molecule has 2 aliphatic rings. The minimum Gasteiger partial charge on any atom is -0.464 e. The summed E-state index contributed by atoms with van der Waals surface area (Å²) in [6, 6.07) is 0.481. The highest BCUT2D eigenvalue weighted by molar-refractivity contribution is 5.77. The molecule has 0 saturated carbocycles. The maximum Gasteiger partial charge on any atom is 0.323 e. The highest BCUT2D eigenvalue weighted by atomic mass is 16.5. The summed E-state index contributed by atoms with van der Waals surface area (Å²) >= 11 is 0. The van der Waals surface area contributed by atoms with Gasteiger partial charge in [0.1, 0.15) is 6.04 Å². The summed E-state index contributed by atoms with van der Waals surface area (Å²) in [4.78, 5) is 16.3. The Morgan fingerprint density at radius 1 is 1.44 bits per heavy atom. The molecule has 2 fully saturated rings. The van der Waals surface area contributed by atoms with Gasteiger partial charge in [0.2, 0.25) is 0 Å². The molecule has 2 rings (SSSR count). The zero-order valence-corrected chi connectivity index (χ0v) is 11.4. The second-order valence-corrected chi connectivity index (χ2v) is 5.05. The number of nitrogens with zero attached hydrogens (tertiary/aromatic N) is 2. The average molecular weight is 256 g/mol. The summed E-state index contributed by atoms with van der Waals surface area (Å²) in [5.74, 6) is -0.0371. The van der Waals surface area contributed by atoms with Gasteiger partial charge in [-0.1, -0.05) is 0 Å². The van der Waals surface area contributed by atoms with Crippen LogP contribution in [0.1, 0.15) is 20.3 Å². The lowest BCUT2D eigenvalue weighted by atomic mass is 10.1. The van der Waals surface area contributed by atoms with E-state index in [1.54, 1.807) is 0 Å². The van der Waals surface area contributed by atoms with E-state index in [2.05, 4.69) is 16.7 Å². The molecule has 0 unspecified atom stereocenters. The average Bonchev–Trinajstić information content (AvgIpc) is 2.78. The second kappa shape index (κ2) is 6.50. The molecule has 18 heavy (non-hydrogen) atoms. The summed E-state index contributed by atoms with van der Waals surface area (Å²) in [6.45, 7) is 10.3. The van der Waals surface area contributed by atoms with Crippen molar-refractivity contribution in [2.75, 3.05) is 46.0 Å². The number of carbonyl (C=O) groups excluding carboxylic acids is 1. The van der Waals surface area contributed by atoms with Crippen LogP contribution in [0.4, 0.5) is 0 Å². The fraction of sp³-hybridized carbons (Fsp3) is 0.923. The van der Waals surface area contributed by atoms with Crippen molar-refractivity contribution in [2.24, 2.45) is 0 Å². The molecule has 0 aromatic carbocycles. The zero-order chi connectivity index (χ0) is 13.0. The second-order valence-electron chi connectivity index (χ2n) is 5.05. The van der Waals surface area contributed by atoms with Crippen molar-refractivity contribution in [3.8, 4) is 0 Å². The smallest absolute Gasteiger partial charge is 0.323 e. The van der Waals surface area contributed by atoms with Gasteiger partial charge in [0.05, 0.1) is 13.2 Å². The third-order valence-electron chi connectivity index (χ3n) is 3.87. The van der Waals surface area contributed by atoms with Gasteiger partial charge >= 0.3 is 5.97 Å². The van der Waals surface area contributed by atoms with E-state index in [9.17, 15) is 4.79 Å². The van der Waals surface area contributed by atoms with Crippen molar-refractivity contribution in [1.29, 1.82) is 0 Å². The Hall–Kier alpha value is -0.650. The predicted molar refractivity (Wildman–Crippen MR) is 68.5 cm³/mol. The molecule has 5 heteroatoms. The SMILES string of the molecule is CCOCCN1CCN([C@H]2CCOC2=O)C[C@H]1C. The van der Waals surface area contributed by atoms with E-state index < -0.39 is 0 Å². The fourth-order valence-corrected chi connectivity index (χ4v) is 2.78. The number of cyclic esters (lactones) is 1. The Kier molecular flexibility index (Phi) is 4.97. The Morgan fingerprint density at radius 3 is 2.89 bits per heavy atom. The van der Waals surface area contributed by atoms with E-state index >= 15 is 0 Å². The summed E-state index contributed by atoms with van der Waals surface area (Å²) in [5.41, 5.74) is 0. The maximum absolute atomic E-state index is 11.6. The van der Waals surface area contributed by atoms with Gasteiger partial charge in [-0.25, -0.2) is 0 Å². The first-order chi connectivity index (χ1) is 8.72. The van der Waals surface area contributed by atoms with Gasteiger partial charge < -0.3 is 9.47 Å². The molecule has 2 saturated heterocycles. The first-order valence-corrected chi connectivity index (χ1v) is 6.95. The first-order valence-electron chi connectivity index (χ1n) is 6.95. The number of carbonyl (C=O) groups is 1. The van der Waals surface area contributed by atoms with Crippen molar-refractivity contribution in [3.05, 3.63) is 0 Å². The van der Waals surface area contributed by atoms with Crippen LogP contribution in [0.15, 0.2) is 0 Å². The van der Waals surface area contributed by atoms with Gasteiger partial charge in [-0.3, -0.25) is 14.6 Å². The van der Waals surface area contributed by atoms with Crippen molar-refractivity contribution < 1.29 is 14.3 Å². The van der Waals surface area contributed by atoms with Crippen molar-refractivity contribution >= 4 is 5.97 Å². The van der Waals surface area contributed by atoms with Crippen molar-refractivity contribution in [2.45, 2.75) is 32.4 Å².